The molecule has 0 aromatic rings. The van der Waals surface area contributed by atoms with E-state index in [0.717, 1.165) is 13.8 Å². The molecule has 5 aliphatic rings. The second kappa shape index (κ2) is 21.9. The van der Waals surface area contributed by atoms with Crippen LogP contribution in [0.4, 0.5) is 0 Å². The molecule has 25 atom stereocenters. The van der Waals surface area contributed by atoms with E-state index in [0.29, 0.717) is 0 Å². The number of amides is 2. The van der Waals surface area contributed by atoms with E-state index in [1.54, 1.807) is 0 Å². The van der Waals surface area contributed by atoms with Gasteiger partial charge in [0, 0.05) is 13.8 Å². The molecule has 0 aromatic heterocycles. The maximum atomic E-state index is 12.4. The van der Waals surface area contributed by atoms with Crippen LogP contribution < -0.4 is 10.6 Å². The highest BCUT2D eigenvalue weighted by atomic mass is 16.8. The van der Waals surface area contributed by atoms with E-state index in [1.807, 2.05) is 0 Å². The molecule has 5 saturated heterocycles. The molecule has 0 aromatic carbocycles. The average Bonchev–Trinajstić information content (AvgIpc) is 3.23. The summed E-state index contributed by atoms with van der Waals surface area (Å²) in [5, 5.41) is 162. The summed E-state index contributed by atoms with van der Waals surface area (Å²) in [6, 6.07) is -3.14. The Balaban J connectivity index is 1.31. The van der Waals surface area contributed by atoms with Crippen molar-refractivity contribution in [3.05, 3.63) is 0 Å². The number of ether oxygens (including phenoxy) is 9. The summed E-state index contributed by atoms with van der Waals surface area (Å²) in [7, 11) is 0. The zero-order valence-corrected chi connectivity index (χ0v) is 33.4. The monoisotopic (exact) mass is 924 g/mol. The third kappa shape index (κ3) is 11.2. The third-order valence-electron chi connectivity index (χ3n) is 11.1. The summed E-state index contributed by atoms with van der Waals surface area (Å²) >= 11 is 0. The SMILES string of the molecule is CC(=O)N[C@@H]1[C@@H](O)[C@@H](O[C@@H]2O[C@H](C(=O)O)[C@@H](O[C@H]3O[C@H](CO[C@@H]4O[C@H](CO)[C@H](O)[C@H](O[C@H]5O[C@H](CO)[C@H](O)[C@H](O)[C@H]5O)[C@H]4NC(C)=O)[C@@H](O)[C@H](O)[C@H]3O)[C@H](O)[C@H]2O)[C@@H](CO)O[C@H]1O. The highest BCUT2D eigenvalue weighted by Gasteiger charge is 2.56. The number of hydrogen-bond donors (Lipinski definition) is 17. The summed E-state index contributed by atoms with van der Waals surface area (Å²) in [4.78, 5) is 36.4. The summed E-state index contributed by atoms with van der Waals surface area (Å²) in [5.41, 5.74) is 0. The number of hydrogen-bond acceptors (Lipinski definition) is 26. The second-order valence-corrected chi connectivity index (χ2v) is 15.5. The zero-order chi connectivity index (χ0) is 46.8. The Labute approximate surface area is 355 Å². The van der Waals surface area contributed by atoms with Crippen LogP contribution in [-0.4, -0.2) is 274 Å². The standard InChI is InChI=1S/C34H56N2O27/c1-7(40)35-13-18(45)25(11(5-39)56-30(13)54)60-34-24(51)21(48)27(28(63-34)29(52)53)62-33-23(50)20(47)16(43)12(59-33)6-55-31-14(36-8(2)41)26(17(44)10(4-38)57-31)61-32-22(49)19(46)15(42)9(3-37)58-32/h9-28,30-34,37-39,42-51,54H,3-6H2,1-2H3,(H,35,40)(H,36,41)(H,52,53)/t9-,10-,11-,12-,13-,14-,15+,16-,17+,18-,19+,20+,21-,22-,23-,24-,25+,26-,27+,28+,30-,31-,32-,33-,34-/m1/s1. The van der Waals surface area contributed by atoms with Gasteiger partial charge in [-0.1, -0.05) is 0 Å². The fraction of sp³-hybridized carbons (Fsp3) is 0.912. The van der Waals surface area contributed by atoms with E-state index in [-0.39, 0.29) is 0 Å². The van der Waals surface area contributed by atoms with Gasteiger partial charge in [-0.2, -0.15) is 0 Å². The van der Waals surface area contributed by atoms with Gasteiger partial charge in [-0.3, -0.25) is 9.59 Å². The molecule has 5 fully saturated rings. The molecular weight excluding hydrogens is 868 g/mol. The van der Waals surface area contributed by atoms with Crippen LogP contribution in [0.5, 0.6) is 0 Å². The van der Waals surface area contributed by atoms with Crippen molar-refractivity contribution in [2.24, 2.45) is 0 Å². The molecule has 5 rings (SSSR count). The molecule has 29 nitrogen and oxygen atoms in total. The fourth-order valence-corrected chi connectivity index (χ4v) is 7.70. The molecule has 0 radical (unpaired) electrons. The highest BCUT2D eigenvalue weighted by molar-refractivity contribution is 5.74. The Hall–Kier alpha value is -2.51. The van der Waals surface area contributed by atoms with Gasteiger partial charge in [0.15, 0.2) is 37.6 Å². The number of carboxylic acids is 1. The quantitative estimate of drug-likeness (QED) is 0.0725. The van der Waals surface area contributed by atoms with E-state index in [4.69, 9.17) is 42.6 Å². The second-order valence-electron chi connectivity index (χ2n) is 15.5. The van der Waals surface area contributed by atoms with Gasteiger partial charge in [0.25, 0.3) is 0 Å². The molecule has 364 valence electrons. The van der Waals surface area contributed by atoms with Crippen molar-refractivity contribution in [2.75, 3.05) is 26.4 Å². The fourth-order valence-electron chi connectivity index (χ4n) is 7.70. The molecule has 5 heterocycles. The smallest absolute Gasteiger partial charge is 0.335 e. The van der Waals surface area contributed by atoms with Gasteiger partial charge in [0.2, 0.25) is 11.8 Å². The average molecular weight is 925 g/mol. The van der Waals surface area contributed by atoms with Crippen LogP contribution in [-0.2, 0) is 57.0 Å². The van der Waals surface area contributed by atoms with Crippen LogP contribution in [0, 0.1) is 0 Å². The first-order chi connectivity index (χ1) is 29.6. The van der Waals surface area contributed by atoms with Gasteiger partial charge >= 0.3 is 5.97 Å². The highest BCUT2D eigenvalue weighted by Crippen LogP contribution is 2.34. The molecule has 5 aliphatic heterocycles. The number of nitrogens with one attached hydrogen (secondary N) is 2. The molecule has 0 aliphatic carbocycles. The lowest BCUT2D eigenvalue weighted by atomic mass is 9.95. The Morgan fingerprint density at radius 3 is 1.44 bits per heavy atom. The van der Waals surface area contributed by atoms with Crippen molar-refractivity contribution >= 4 is 17.8 Å². The van der Waals surface area contributed by atoms with Crippen molar-refractivity contribution < 1.29 is 134 Å². The minimum atomic E-state index is -2.30. The first-order valence-corrected chi connectivity index (χ1v) is 19.6. The topological polar surface area (TPSA) is 462 Å². The molecule has 63 heavy (non-hydrogen) atoms. The molecule has 0 bridgehead atoms. The van der Waals surface area contributed by atoms with Gasteiger partial charge in [-0.05, 0) is 0 Å². The van der Waals surface area contributed by atoms with Crippen LogP contribution in [0.25, 0.3) is 0 Å². The molecular formula is C34H56N2O27. The number of aliphatic carboxylic acids is 1. The molecule has 0 spiro atoms. The predicted molar refractivity (Wildman–Crippen MR) is 190 cm³/mol. The summed E-state index contributed by atoms with van der Waals surface area (Å²) in [6.45, 7) is -1.47. The van der Waals surface area contributed by atoms with Gasteiger partial charge in [-0.15, -0.1) is 0 Å². The van der Waals surface area contributed by atoms with E-state index in [9.17, 15) is 91.0 Å². The van der Waals surface area contributed by atoms with Crippen LogP contribution in [0.2, 0.25) is 0 Å². The number of carbonyl (C=O) groups excluding carboxylic acids is 2. The number of carboxylic acid groups (broad SMARTS) is 1. The lowest BCUT2D eigenvalue weighted by Gasteiger charge is -2.48. The molecule has 2 amide bonds. The van der Waals surface area contributed by atoms with E-state index < -0.39 is 198 Å². The van der Waals surface area contributed by atoms with E-state index in [2.05, 4.69) is 10.6 Å². The van der Waals surface area contributed by atoms with Crippen LogP contribution in [0.3, 0.4) is 0 Å². The lowest BCUT2D eigenvalue weighted by Crippen LogP contribution is -2.69. The Morgan fingerprint density at radius 1 is 0.460 bits per heavy atom. The minimum absolute atomic E-state index is 0.725. The lowest BCUT2D eigenvalue weighted by molar-refractivity contribution is -0.372. The molecule has 0 saturated carbocycles. The maximum Gasteiger partial charge on any atom is 0.335 e. The van der Waals surface area contributed by atoms with Crippen LogP contribution >= 0.6 is 0 Å². The first-order valence-electron chi connectivity index (χ1n) is 19.6. The van der Waals surface area contributed by atoms with E-state index in [1.165, 1.54) is 0 Å². The number of rotatable bonds is 15. The molecule has 17 N–H and O–H groups in total. The Bertz CT molecular complexity index is 1520. The van der Waals surface area contributed by atoms with Gasteiger partial charge < -0.3 is 130 Å². The Morgan fingerprint density at radius 2 is 0.905 bits per heavy atom. The Kier molecular flexibility index (Phi) is 17.9. The van der Waals surface area contributed by atoms with E-state index >= 15 is 0 Å². The summed E-state index contributed by atoms with van der Waals surface area (Å²) in [5.74, 6) is -3.37. The van der Waals surface area contributed by atoms with Crippen molar-refractivity contribution in [1.29, 1.82) is 0 Å². The molecule has 0 unspecified atom stereocenters. The van der Waals surface area contributed by atoms with Crippen molar-refractivity contribution in [3.8, 4) is 0 Å². The normalized spacial score (nSPS) is 48.3. The summed E-state index contributed by atoms with van der Waals surface area (Å²) < 4.78 is 49.8. The van der Waals surface area contributed by atoms with Gasteiger partial charge in [-0.25, -0.2) is 4.79 Å². The van der Waals surface area contributed by atoms with Crippen molar-refractivity contribution in [3.63, 3.8) is 0 Å². The van der Waals surface area contributed by atoms with Gasteiger partial charge in [0.1, 0.15) is 116 Å². The van der Waals surface area contributed by atoms with Crippen LogP contribution in [0.15, 0.2) is 0 Å². The minimum Gasteiger partial charge on any atom is -0.479 e. The largest absolute Gasteiger partial charge is 0.479 e. The van der Waals surface area contributed by atoms with Crippen molar-refractivity contribution in [2.45, 2.75) is 167 Å². The maximum absolute atomic E-state index is 12.4. The van der Waals surface area contributed by atoms with Crippen molar-refractivity contribution in [1.82, 2.24) is 10.6 Å². The number of carbonyl (C=O) groups is 3. The molecule has 29 heteroatoms. The number of aliphatic hydroxyl groups excluding tert-OH is 14. The van der Waals surface area contributed by atoms with Crippen LogP contribution in [0.1, 0.15) is 13.8 Å². The van der Waals surface area contributed by atoms with Gasteiger partial charge in [0.05, 0.1) is 26.4 Å². The third-order valence-corrected chi connectivity index (χ3v) is 11.1. The number of aliphatic hydroxyl groups is 14. The predicted octanol–water partition coefficient (Wildman–Crippen LogP) is -11.5. The zero-order valence-electron chi connectivity index (χ0n) is 33.4. The summed E-state index contributed by atoms with van der Waals surface area (Å²) in [6.07, 6.45) is -44.4. The first kappa shape index (κ1) is 51.5.